The second-order valence-electron chi connectivity index (χ2n) is 4.17. The zero-order valence-corrected chi connectivity index (χ0v) is 11.0. The van der Waals surface area contributed by atoms with Crippen LogP contribution in [-0.2, 0) is 4.74 Å². The maximum atomic E-state index is 11.4. The van der Waals surface area contributed by atoms with E-state index in [9.17, 15) is 4.79 Å². The smallest absolute Gasteiger partial charge is 0.376 e. The van der Waals surface area contributed by atoms with E-state index in [1.54, 1.807) is 13.0 Å². The van der Waals surface area contributed by atoms with Crippen LogP contribution in [0.5, 0.6) is 0 Å². The summed E-state index contributed by atoms with van der Waals surface area (Å²) < 4.78 is 10.1. The predicted octanol–water partition coefficient (Wildman–Crippen LogP) is 2.38. The number of oxazole rings is 1. The second kappa shape index (κ2) is 4.73. The van der Waals surface area contributed by atoms with E-state index >= 15 is 0 Å². The number of aryl methyl sites for hydroxylation is 1. The fourth-order valence-corrected chi connectivity index (χ4v) is 1.91. The molecule has 6 heteroatoms. The van der Waals surface area contributed by atoms with E-state index in [0.29, 0.717) is 17.2 Å². The second-order valence-corrected chi connectivity index (χ2v) is 4.17. The number of carbonyl (C=O) groups is 1. The molecule has 3 aromatic rings. The lowest BCUT2D eigenvalue weighted by molar-refractivity contribution is 0.0587. The van der Waals surface area contributed by atoms with Crippen LogP contribution >= 0.6 is 0 Å². The van der Waals surface area contributed by atoms with Crippen molar-refractivity contribution in [3.05, 3.63) is 42.2 Å². The van der Waals surface area contributed by atoms with Gasteiger partial charge in [0.25, 0.3) is 0 Å². The van der Waals surface area contributed by atoms with Crippen molar-refractivity contribution in [2.45, 2.75) is 6.92 Å². The van der Waals surface area contributed by atoms with E-state index in [4.69, 9.17) is 4.42 Å². The molecule has 2 aromatic heterocycles. The molecule has 2 heterocycles. The van der Waals surface area contributed by atoms with Crippen molar-refractivity contribution >= 4 is 17.1 Å². The third kappa shape index (κ3) is 2.11. The molecule has 0 amide bonds. The summed E-state index contributed by atoms with van der Waals surface area (Å²) >= 11 is 0. The van der Waals surface area contributed by atoms with Crippen LogP contribution in [0.15, 0.2) is 34.9 Å². The molecule has 0 spiro atoms. The van der Waals surface area contributed by atoms with Crippen molar-refractivity contribution in [1.29, 1.82) is 0 Å². The summed E-state index contributed by atoms with van der Waals surface area (Å²) in [5.41, 5.74) is 2.91. The Bertz CT molecular complexity index is 795. The zero-order valence-electron chi connectivity index (χ0n) is 11.0. The van der Waals surface area contributed by atoms with Gasteiger partial charge in [-0.15, -0.1) is 0 Å². The monoisotopic (exact) mass is 269 g/mol. The van der Waals surface area contributed by atoms with Gasteiger partial charge in [-0.05, 0) is 18.2 Å². The molecular formula is C14H11N3O3. The van der Waals surface area contributed by atoms with Crippen molar-refractivity contribution in [3.8, 4) is 11.3 Å². The number of nitrogens with zero attached hydrogens (tertiary/aromatic N) is 3. The normalized spacial score (nSPS) is 10.7. The van der Waals surface area contributed by atoms with Crippen LogP contribution in [-0.4, -0.2) is 28.0 Å². The molecule has 0 radical (unpaired) electrons. The molecule has 1 aromatic carbocycles. The van der Waals surface area contributed by atoms with Crippen molar-refractivity contribution in [2.24, 2.45) is 0 Å². The van der Waals surface area contributed by atoms with Gasteiger partial charge in [0.1, 0.15) is 5.52 Å². The van der Waals surface area contributed by atoms with E-state index in [0.717, 1.165) is 11.1 Å². The first-order chi connectivity index (χ1) is 9.67. The predicted molar refractivity (Wildman–Crippen MR) is 71.1 cm³/mol. The first-order valence-electron chi connectivity index (χ1n) is 5.96. The lowest BCUT2D eigenvalue weighted by Crippen LogP contribution is -2.07. The number of methoxy groups -OCH3 is 1. The van der Waals surface area contributed by atoms with Gasteiger partial charge in [-0.2, -0.15) is 0 Å². The maximum Gasteiger partial charge on any atom is 0.376 e. The highest BCUT2D eigenvalue weighted by atomic mass is 16.5. The van der Waals surface area contributed by atoms with Crippen LogP contribution in [0.3, 0.4) is 0 Å². The molecule has 3 rings (SSSR count). The Labute approximate surface area is 114 Å². The average Bonchev–Trinajstić information content (AvgIpc) is 2.85. The number of esters is 1. The molecule has 0 N–H and O–H groups in total. The highest BCUT2D eigenvalue weighted by molar-refractivity contribution is 5.86. The molecule has 0 unspecified atom stereocenters. The van der Waals surface area contributed by atoms with Gasteiger partial charge in [-0.1, -0.05) is 6.07 Å². The summed E-state index contributed by atoms with van der Waals surface area (Å²) in [7, 11) is 1.29. The Balaban J connectivity index is 2.08. The van der Waals surface area contributed by atoms with Gasteiger partial charge in [0.05, 0.1) is 12.8 Å². The molecule has 0 fully saturated rings. The van der Waals surface area contributed by atoms with E-state index in [2.05, 4.69) is 19.7 Å². The molecule has 6 nitrogen and oxygen atoms in total. The molecule has 20 heavy (non-hydrogen) atoms. The number of carbonyl (C=O) groups excluding carboxylic acids is 1. The van der Waals surface area contributed by atoms with Crippen molar-refractivity contribution in [2.75, 3.05) is 7.11 Å². The van der Waals surface area contributed by atoms with Crippen LogP contribution in [0.1, 0.15) is 16.5 Å². The Hall–Kier alpha value is -2.76. The number of hydrogen-bond acceptors (Lipinski definition) is 6. The van der Waals surface area contributed by atoms with Crippen LogP contribution in [0.25, 0.3) is 22.4 Å². The van der Waals surface area contributed by atoms with Crippen molar-refractivity contribution in [3.63, 3.8) is 0 Å². The van der Waals surface area contributed by atoms with E-state index in [-0.39, 0.29) is 5.82 Å². The molecule has 0 bridgehead atoms. The Morgan fingerprint density at radius 2 is 2.10 bits per heavy atom. The lowest BCUT2D eigenvalue weighted by atomic mass is 10.1. The third-order valence-electron chi connectivity index (χ3n) is 2.81. The van der Waals surface area contributed by atoms with E-state index in [1.165, 1.54) is 13.3 Å². The molecule has 0 aliphatic carbocycles. The minimum absolute atomic E-state index is 0.0267. The minimum Gasteiger partial charge on any atom is -0.463 e. The molecular weight excluding hydrogens is 258 g/mol. The van der Waals surface area contributed by atoms with Crippen LogP contribution in [0, 0.1) is 6.92 Å². The van der Waals surface area contributed by atoms with Gasteiger partial charge in [0, 0.05) is 18.7 Å². The lowest BCUT2D eigenvalue weighted by Gasteiger charge is -2.02. The summed E-state index contributed by atoms with van der Waals surface area (Å²) in [6.07, 6.45) is 1.52. The number of rotatable bonds is 2. The number of fused-ring (bicyclic) bond motifs is 1. The molecule has 0 aliphatic heterocycles. The third-order valence-corrected chi connectivity index (χ3v) is 2.81. The zero-order chi connectivity index (χ0) is 14.1. The Morgan fingerprint density at radius 3 is 2.90 bits per heavy atom. The average molecular weight is 269 g/mol. The molecule has 0 atom stereocenters. The molecule has 0 saturated carbocycles. The summed E-state index contributed by atoms with van der Waals surface area (Å²) in [4.78, 5) is 23.7. The van der Waals surface area contributed by atoms with Crippen molar-refractivity contribution in [1.82, 2.24) is 15.0 Å². The van der Waals surface area contributed by atoms with E-state index < -0.39 is 5.97 Å². The fourth-order valence-electron chi connectivity index (χ4n) is 1.91. The topological polar surface area (TPSA) is 78.1 Å². The largest absolute Gasteiger partial charge is 0.463 e. The number of ether oxygens (including phenoxy) is 1. The number of hydrogen-bond donors (Lipinski definition) is 0. The summed E-state index contributed by atoms with van der Waals surface area (Å²) in [5.74, 6) is 0.0670. The van der Waals surface area contributed by atoms with Gasteiger partial charge < -0.3 is 9.15 Å². The summed E-state index contributed by atoms with van der Waals surface area (Å²) in [6.45, 7) is 1.79. The quantitative estimate of drug-likeness (QED) is 0.665. The SMILES string of the molecule is COC(=O)c1nccc(-c2ccc3nc(C)oc3c2)n1. The van der Waals surface area contributed by atoms with Gasteiger partial charge in [-0.3, -0.25) is 0 Å². The van der Waals surface area contributed by atoms with E-state index in [1.807, 2.05) is 18.2 Å². The number of aromatic nitrogens is 3. The van der Waals surface area contributed by atoms with Gasteiger partial charge in [0.15, 0.2) is 11.5 Å². The van der Waals surface area contributed by atoms with Crippen LogP contribution < -0.4 is 0 Å². The Morgan fingerprint density at radius 1 is 1.25 bits per heavy atom. The summed E-state index contributed by atoms with van der Waals surface area (Å²) in [6, 6.07) is 7.27. The maximum absolute atomic E-state index is 11.4. The summed E-state index contributed by atoms with van der Waals surface area (Å²) in [5, 5.41) is 0. The Kier molecular flexibility index (Phi) is 2.90. The molecule has 0 aliphatic rings. The van der Waals surface area contributed by atoms with Gasteiger partial charge in [-0.25, -0.2) is 19.7 Å². The van der Waals surface area contributed by atoms with Gasteiger partial charge >= 0.3 is 5.97 Å². The van der Waals surface area contributed by atoms with Gasteiger partial charge in [0.2, 0.25) is 5.82 Å². The van der Waals surface area contributed by atoms with Crippen LogP contribution in [0.4, 0.5) is 0 Å². The highest BCUT2D eigenvalue weighted by Gasteiger charge is 2.11. The standard InChI is InChI=1S/C14H11N3O3/c1-8-16-11-4-3-9(7-12(11)20-8)10-5-6-15-13(17-10)14(18)19-2/h3-7H,1-2H3. The number of benzene rings is 1. The van der Waals surface area contributed by atoms with Crippen LogP contribution in [0.2, 0.25) is 0 Å². The van der Waals surface area contributed by atoms with Crippen molar-refractivity contribution < 1.29 is 13.9 Å². The molecule has 0 saturated heterocycles. The fraction of sp³-hybridized carbons (Fsp3) is 0.143. The first-order valence-corrected chi connectivity index (χ1v) is 5.96. The highest BCUT2D eigenvalue weighted by Crippen LogP contribution is 2.23. The first kappa shape index (κ1) is 12.3. The molecule has 100 valence electrons. The minimum atomic E-state index is -0.566.